The Morgan fingerprint density at radius 2 is 1.85 bits per heavy atom. The predicted octanol–water partition coefficient (Wildman–Crippen LogP) is 4.12. The quantitative estimate of drug-likeness (QED) is 0.514. The van der Waals surface area contributed by atoms with Gasteiger partial charge < -0.3 is 4.74 Å². The predicted molar refractivity (Wildman–Crippen MR) is 108 cm³/mol. The van der Waals surface area contributed by atoms with Crippen molar-refractivity contribution in [3.8, 4) is 11.4 Å². The maximum absolute atomic E-state index is 12.4. The molecule has 0 atom stereocenters. The van der Waals surface area contributed by atoms with Gasteiger partial charge in [-0.15, -0.1) is 0 Å². The molecule has 1 aromatic heterocycles. The van der Waals surface area contributed by atoms with Gasteiger partial charge in [0.05, 0.1) is 24.2 Å². The Hall–Kier alpha value is -3.12. The van der Waals surface area contributed by atoms with Crippen LogP contribution in [0.1, 0.15) is 19.4 Å². The summed E-state index contributed by atoms with van der Waals surface area (Å²) in [6.45, 7) is 3.95. The monoisotopic (exact) mass is 382 g/mol. The van der Waals surface area contributed by atoms with Gasteiger partial charge in [-0.25, -0.2) is 0 Å². The highest BCUT2D eigenvalue weighted by atomic mass is 35.5. The molecule has 1 N–H and O–H groups in total. The van der Waals surface area contributed by atoms with Crippen molar-refractivity contribution in [2.24, 2.45) is 5.10 Å². The first-order valence-corrected chi connectivity index (χ1v) is 8.81. The van der Waals surface area contributed by atoms with Crippen molar-refractivity contribution in [2.45, 2.75) is 20.0 Å². The van der Waals surface area contributed by atoms with Crippen molar-refractivity contribution >= 4 is 23.5 Å². The minimum absolute atomic E-state index is 0.0201. The minimum Gasteiger partial charge on any atom is -0.491 e. The largest absolute Gasteiger partial charge is 0.491 e. The molecule has 0 fully saturated rings. The van der Waals surface area contributed by atoms with E-state index in [0.717, 1.165) is 11.3 Å². The number of halogens is 1. The summed E-state index contributed by atoms with van der Waals surface area (Å²) in [6, 6.07) is 16.6. The molecule has 0 aliphatic rings. The summed E-state index contributed by atoms with van der Waals surface area (Å²) in [6.07, 6.45) is 3.21. The smallest absolute Gasteiger partial charge is 0.292 e. The van der Waals surface area contributed by atoms with Crippen LogP contribution in [0.5, 0.6) is 5.75 Å². The fraction of sp³-hybridized carbons (Fsp3) is 0.150. The maximum atomic E-state index is 12.4. The molecule has 3 rings (SSSR count). The lowest BCUT2D eigenvalue weighted by atomic mass is 10.2. The van der Waals surface area contributed by atoms with E-state index in [1.807, 2.05) is 56.3 Å². The number of ether oxygens (including phenoxy) is 1. The van der Waals surface area contributed by atoms with E-state index in [9.17, 15) is 4.79 Å². The second-order valence-electron chi connectivity index (χ2n) is 6.03. The SMILES string of the molecule is CC(C)Oc1ccc(/C=N/Nc2cnn(-c3ccccc3)c(=O)c2Cl)cc1. The van der Waals surface area contributed by atoms with Crippen LogP contribution in [0.3, 0.4) is 0 Å². The van der Waals surface area contributed by atoms with E-state index in [1.165, 1.54) is 10.9 Å². The van der Waals surface area contributed by atoms with Gasteiger partial charge in [0.2, 0.25) is 0 Å². The van der Waals surface area contributed by atoms with Gasteiger partial charge in [0, 0.05) is 0 Å². The number of nitrogens with one attached hydrogen (secondary N) is 1. The summed E-state index contributed by atoms with van der Waals surface area (Å²) in [4.78, 5) is 12.4. The first-order valence-electron chi connectivity index (χ1n) is 8.43. The molecule has 1 heterocycles. The van der Waals surface area contributed by atoms with E-state index in [2.05, 4.69) is 15.6 Å². The Labute approximate surface area is 162 Å². The first-order chi connectivity index (χ1) is 13.0. The van der Waals surface area contributed by atoms with Crippen LogP contribution >= 0.6 is 11.6 Å². The fourth-order valence-corrected chi connectivity index (χ4v) is 2.52. The first kappa shape index (κ1) is 18.7. The third kappa shape index (κ3) is 4.74. The average Bonchev–Trinajstić information content (AvgIpc) is 2.67. The van der Waals surface area contributed by atoms with Crippen molar-refractivity contribution in [3.63, 3.8) is 0 Å². The number of anilines is 1. The standard InChI is InChI=1S/C20H19ClN4O2/c1-14(2)27-17-10-8-15(9-11-17)12-22-24-18-13-23-25(20(26)19(18)21)16-6-4-3-5-7-16/h3-14,24H,1-2H3/b22-12+. The zero-order chi connectivity index (χ0) is 19.2. The number of nitrogens with zero attached hydrogens (tertiary/aromatic N) is 3. The highest BCUT2D eigenvalue weighted by Gasteiger charge is 2.09. The summed E-state index contributed by atoms with van der Waals surface area (Å²) in [5.41, 5.74) is 4.19. The van der Waals surface area contributed by atoms with E-state index >= 15 is 0 Å². The van der Waals surface area contributed by atoms with Crippen LogP contribution in [0.25, 0.3) is 5.69 Å². The van der Waals surface area contributed by atoms with Crippen LogP contribution < -0.4 is 15.7 Å². The molecule has 27 heavy (non-hydrogen) atoms. The minimum atomic E-state index is -0.418. The van der Waals surface area contributed by atoms with Gasteiger partial charge in [0.1, 0.15) is 16.5 Å². The summed E-state index contributed by atoms with van der Waals surface area (Å²) in [5, 5.41) is 8.28. The number of rotatable bonds is 6. The van der Waals surface area contributed by atoms with Crippen molar-refractivity contribution < 1.29 is 4.74 Å². The maximum Gasteiger partial charge on any atom is 0.292 e. The van der Waals surface area contributed by atoms with Crippen LogP contribution in [-0.4, -0.2) is 22.1 Å². The lowest BCUT2D eigenvalue weighted by molar-refractivity contribution is 0.242. The number of para-hydroxylation sites is 1. The lowest BCUT2D eigenvalue weighted by Crippen LogP contribution is -2.22. The Balaban J connectivity index is 1.72. The molecule has 138 valence electrons. The Kier molecular flexibility index (Phi) is 5.88. The van der Waals surface area contributed by atoms with Gasteiger partial charge in [-0.2, -0.15) is 14.9 Å². The van der Waals surface area contributed by atoms with Crippen LogP contribution in [0.15, 0.2) is 70.7 Å². The fourth-order valence-electron chi connectivity index (χ4n) is 2.34. The zero-order valence-electron chi connectivity index (χ0n) is 15.0. The van der Waals surface area contributed by atoms with Crippen LogP contribution in [0, 0.1) is 0 Å². The van der Waals surface area contributed by atoms with E-state index in [1.54, 1.807) is 18.3 Å². The van der Waals surface area contributed by atoms with Crippen LogP contribution in [0.2, 0.25) is 5.02 Å². The lowest BCUT2D eigenvalue weighted by Gasteiger charge is -2.09. The third-order valence-electron chi connectivity index (χ3n) is 3.57. The van der Waals surface area contributed by atoms with Gasteiger partial charge in [-0.1, -0.05) is 29.8 Å². The molecular weight excluding hydrogens is 364 g/mol. The third-order valence-corrected chi connectivity index (χ3v) is 3.94. The van der Waals surface area contributed by atoms with E-state index in [0.29, 0.717) is 11.4 Å². The molecule has 0 amide bonds. The van der Waals surface area contributed by atoms with Gasteiger partial charge in [-0.3, -0.25) is 10.2 Å². The van der Waals surface area contributed by atoms with Crippen LogP contribution in [-0.2, 0) is 0 Å². The molecule has 0 bridgehead atoms. The van der Waals surface area contributed by atoms with Gasteiger partial charge in [-0.05, 0) is 55.8 Å². The number of hydrogen-bond donors (Lipinski definition) is 1. The van der Waals surface area contributed by atoms with E-state index < -0.39 is 5.56 Å². The second kappa shape index (κ2) is 8.51. The zero-order valence-corrected chi connectivity index (χ0v) is 15.7. The highest BCUT2D eigenvalue weighted by molar-refractivity contribution is 6.32. The van der Waals surface area contributed by atoms with Crippen molar-refractivity contribution in [1.29, 1.82) is 0 Å². The summed E-state index contributed by atoms with van der Waals surface area (Å²) in [7, 11) is 0. The number of hydrogen-bond acceptors (Lipinski definition) is 5. The van der Waals surface area contributed by atoms with Gasteiger partial charge in [0.15, 0.2) is 0 Å². The second-order valence-corrected chi connectivity index (χ2v) is 6.41. The van der Waals surface area contributed by atoms with E-state index in [-0.39, 0.29) is 11.1 Å². The number of hydrazone groups is 1. The van der Waals surface area contributed by atoms with Crippen molar-refractivity contribution in [1.82, 2.24) is 9.78 Å². The summed E-state index contributed by atoms with van der Waals surface area (Å²) >= 11 is 6.17. The molecule has 0 saturated heterocycles. The normalized spacial score (nSPS) is 11.1. The average molecular weight is 383 g/mol. The summed E-state index contributed by atoms with van der Waals surface area (Å²) < 4.78 is 6.84. The molecule has 7 heteroatoms. The topological polar surface area (TPSA) is 68.5 Å². The molecule has 6 nitrogen and oxygen atoms in total. The van der Waals surface area contributed by atoms with Crippen molar-refractivity contribution in [2.75, 3.05) is 5.43 Å². The molecule has 3 aromatic rings. The van der Waals surface area contributed by atoms with Gasteiger partial charge in [0.25, 0.3) is 5.56 Å². The molecule has 0 spiro atoms. The van der Waals surface area contributed by atoms with Crippen LogP contribution in [0.4, 0.5) is 5.69 Å². The van der Waals surface area contributed by atoms with E-state index in [4.69, 9.17) is 16.3 Å². The molecular formula is C20H19ClN4O2. The molecule has 2 aromatic carbocycles. The van der Waals surface area contributed by atoms with Gasteiger partial charge >= 0.3 is 0 Å². The highest BCUT2D eigenvalue weighted by Crippen LogP contribution is 2.17. The summed E-state index contributed by atoms with van der Waals surface area (Å²) in [5.74, 6) is 0.798. The molecule has 0 aliphatic heterocycles. The molecule has 0 saturated carbocycles. The Morgan fingerprint density at radius 1 is 1.15 bits per heavy atom. The Bertz CT molecular complexity index is 983. The molecule has 0 radical (unpaired) electrons. The molecule has 0 aliphatic carbocycles. The number of aromatic nitrogens is 2. The Morgan fingerprint density at radius 3 is 2.52 bits per heavy atom. The number of benzene rings is 2. The van der Waals surface area contributed by atoms with Crippen molar-refractivity contribution in [3.05, 3.63) is 81.7 Å². The molecule has 0 unspecified atom stereocenters.